The Morgan fingerprint density at radius 3 is 2.74 bits per heavy atom. The van der Waals surface area contributed by atoms with Crippen molar-refractivity contribution in [1.29, 1.82) is 0 Å². The Labute approximate surface area is 135 Å². The van der Waals surface area contributed by atoms with E-state index in [1.807, 2.05) is 12.1 Å². The summed E-state index contributed by atoms with van der Waals surface area (Å²) in [4.78, 5) is 0. The van der Waals surface area contributed by atoms with Crippen LogP contribution in [-0.2, 0) is 31.8 Å². The normalized spacial score (nSPS) is 24.3. The Morgan fingerprint density at radius 2 is 2.16 bits per heavy atom. The van der Waals surface area contributed by atoms with Crippen molar-refractivity contribution >= 4 is 10.1 Å². The molecule has 1 N–H and O–H groups in total. The van der Waals surface area contributed by atoms with Gasteiger partial charge in [0.1, 0.15) is 0 Å². The zero-order valence-corrected chi connectivity index (χ0v) is 13.9. The first-order valence-corrected chi connectivity index (χ1v) is 7.39. The van der Waals surface area contributed by atoms with E-state index >= 15 is 0 Å². The van der Waals surface area contributed by atoms with Crippen molar-refractivity contribution in [3.63, 3.8) is 0 Å². The molecule has 1 aromatic rings. The second kappa shape index (κ2) is 6.67. The minimum atomic E-state index is -3.67. The smallest absolute Gasteiger partial charge is 0.379 e. The number of benzene rings is 1. The van der Waals surface area contributed by atoms with Crippen molar-refractivity contribution in [3.05, 3.63) is 35.4 Å². The number of hydrogen-bond donors (Lipinski definition) is 1. The zero-order chi connectivity index (χ0) is 13.2. The molecule has 2 aliphatic heterocycles. The molecule has 1 unspecified atom stereocenters. The predicted molar refractivity (Wildman–Crippen MR) is 64.7 cm³/mol. The fraction of sp³-hybridized carbons (Fsp3) is 0.500. The summed E-state index contributed by atoms with van der Waals surface area (Å²) >= 11 is 0. The van der Waals surface area contributed by atoms with Crippen molar-refractivity contribution in [1.82, 2.24) is 0 Å². The monoisotopic (exact) mass is 294 g/mol. The second-order valence-electron chi connectivity index (χ2n) is 4.40. The van der Waals surface area contributed by atoms with Gasteiger partial charge in [0.2, 0.25) is 0 Å². The maximum atomic E-state index is 9.19. The van der Waals surface area contributed by atoms with Crippen LogP contribution in [0.25, 0.3) is 0 Å². The molecule has 0 aliphatic carbocycles. The topological polar surface area (TPSA) is 72.8 Å². The largest absolute Gasteiger partial charge is 1.00 e. The maximum Gasteiger partial charge on any atom is 1.00 e. The molecule has 0 amide bonds. The first-order valence-electron chi connectivity index (χ1n) is 5.54. The van der Waals surface area contributed by atoms with Crippen LogP contribution in [-0.4, -0.2) is 32.4 Å². The first kappa shape index (κ1) is 17.1. The minimum Gasteiger partial charge on any atom is -0.379 e. The van der Waals surface area contributed by atoms with Gasteiger partial charge in [0.05, 0.1) is 18.5 Å². The van der Waals surface area contributed by atoms with Crippen LogP contribution in [0.15, 0.2) is 18.2 Å². The molecular weight excluding hydrogens is 279 g/mol. The number of hydrogen-bond acceptors (Lipinski definition) is 4. The van der Waals surface area contributed by atoms with Gasteiger partial charge in [-0.2, -0.15) is 32.7 Å². The van der Waals surface area contributed by atoms with Gasteiger partial charge < -0.3 is 9.47 Å². The Hall–Kier alpha value is 0.0500. The average molecular weight is 294 g/mol. The molecule has 1 fully saturated rings. The molecule has 0 aromatic heterocycles. The van der Waals surface area contributed by atoms with E-state index in [0.29, 0.717) is 12.9 Å². The summed E-state index contributed by atoms with van der Waals surface area (Å²) < 4.78 is 37.1. The van der Waals surface area contributed by atoms with Crippen LogP contribution in [0.5, 0.6) is 0 Å². The summed E-state index contributed by atoms with van der Waals surface area (Å²) in [5.74, 6) is 0. The number of ether oxygens (including phenoxy) is 2. The van der Waals surface area contributed by atoms with Crippen molar-refractivity contribution in [2.45, 2.75) is 18.6 Å². The quantitative estimate of drug-likeness (QED) is 0.345. The van der Waals surface area contributed by atoms with E-state index in [4.69, 9.17) is 14.0 Å². The van der Waals surface area contributed by atoms with Gasteiger partial charge in [-0.25, -0.2) is 0 Å². The molecule has 1 spiro atoms. The Balaban J connectivity index is 0.000000265. The Kier molecular flexibility index (Phi) is 6.00. The molecule has 1 aromatic carbocycles. The van der Waals surface area contributed by atoms with E-state index in [2.05, 4.69) is 12.1 Å². The van der Waals surface area contributed by atoms with Crippen molar-refractivity contribution < 1.29 is 52.0 Å². The van der Waals surface area contributed by atoms with E-state index in [0.717, 1.165) is 19.6 Å². The molecule has 1 atom stereocenters. The van der Waals surface area contributed by atoms with Crippen LogP contribution in [0.1, 0.15) is 17.5 Å². The van der Waals surface area contributed by atoms with Crippen LogP contribution >= 0.6 is 0 Å². The van der Waals surface area contributed by atoms with Crippen LogP contribution in [0.3, 0.4) is 0 Å². The maximum absolute atomic E-state index is 9.19. The van der Waals surface area contributed by atoms with E-state index in [1.54, 1.807) is 0 Å². The summed E-state index contributed by atoms with van der Waals surface area (Å²) in [6.45, 7) is 2.25. The summed E-state index contributed by atoms with van der Waals surface area (Å²) in [5.41, 5.74) is 2.45. The molecule has 0 saturated carbocycles. The molecule has 1 saturated heterocycles. The van der Waals surface area contributed by atoms with E-state index in [1.165, 1.54) is 11.1 Å². The zero-order valence-electron chi connectivity index (χ0n) is 11.0. The van der Waals surface area contributed by atoms with Gasteiger partial charge in [0.25, 0.3) is 10.1 Å². The number of rotatable bonds is 0. The van der Waals surface area contributed by atoms with Gasteiger partial charge in [0, 0.05) is 13.2 Å². The van der Waals surface area contributed by atoms with Crippen LogP contribution in [0, 0.1) is 6.07 Å². The molecule has 100 valence electrons. The van der Waals surface area contributed by atoms with E-state index in [9.17, 15) is 8.42 Å². The van der Waals surface area contributed by atoms with Gasteiger partial charge in [-0.15, -0.1) is 11.1 Å². The molecule has 5 nitrogen and oxygen atoms in total. The standard InChI is InChI=1S/C11H11O2.CH4O3S.Na/c1-2-4-10-9(3-1)7-13-11(10)5-6-12-8-11;1-5(2,3)4;/h1,3-4H,5-8H2;1H3,(H,2,3,4);/q-1;;+1. The third-order valence-electron chi connectivity index (χ3n) is 2.93. The van der Waals surface area contributed by atoms with Gasteiger partial charge in [-0.1, -0.05) is 0 Å². The molecule has 0 radical (unpaired) electrons. The summed E-state index contributed by atoms with van der Waals surface area (Å²) in [6.07, 6.45) is 1.70. The van der Waals surface area contributed by atoms with Gasteiger partial charge in [0.15, 0.2) is 0 Å². The SMILES string of the molecule is CS(=O)(=O)O.[Na+].[c-]1ccc2c(c1)C1(CCOC1)OC2. The van der Waals surface area contributed by atoms with Crippen molar-refractivity contribution in [2.75, 3.05) is 19.5 Å². The predicted octanol–water partition coefficient (Wildman–Crippen LogP) is -1.86. The Bertz CT molecular complexity index is 515. The van der Waals surface area contributed by atoms with Gasteiger partial charge in [-0.05, 0) is 6.42 Å². The summed E-state index contributed by atoms with van der Waals surface area (Å²) in [5, 5.41) is 0. The van der Waals surface area contributed by atoms with E-state index < -0.39 is 10.1 Å². The molecule has 7 heteroatoms. The second-order valence-corrected chi connectivity index (χ2v) is 5.87. The van der Waals surface area contributed by atoms with Crippen LogP contribution in [0.4, 0.5) is 0 Å². The molecule has 0 bridgehead atoms. The molecular formula is C12H15NaO5S. The first-order chi connectivity index (χ1) is 8.41. The van der Waals surface area contributed by atoms with Gasteiger partial charge in [-0.3, -0.25) is 4.55 Å². The average Bonchev–Trinajstić information content (AvgIpc) is 2.87. The molecule has 2 heterocycles. The third kappa shape index (κ3) is 4.53. The fourth-order valence-electron chi connectivity index (χ4n) is 2.18. The fourth-order valence-corrected chi connectivity index (χ4v) is 2.18. The molecule has 19 heavy (non-hydrogen) atoms. The summed E-state index contributed by atoms with van der Waals surface area (Å²) in [7, 11) is -3.67. The van der Waals surface area contributed by atoms with E-state index in [-0.39, 0.29) is 35.2 Å². The number of fused-ring (bicyclic) bond motifs is 2. The van der Waals surface area contributed by atoms with Crippen molar-refractivity contribution in [3.8, 4) is 0 Å². The molecule has 3 rings (SSSR count). The third-order valence-corrected chi connectivity index (χ3v) is 2.93. The van der Waals surface area contributed by atoms with Crippen LogP contribution in [0.2, 0.25) is 0 Å². The van der Waals surface area contributed by atoms with Crippen LogP contribution < -0.4 is 29.6 Å². The minimum absolute atomic E-state index is 0. The Morgan fingerprint density at radius 1 is 1.47 bits per heavy atom. The van der Waals surface area contributed by atoms with Crippen molar-refractivity contribution in [2.24, 2.45) is 0 Å². The molecule has 2 aliphatic rings. The van der Waals surface area contributed by atoms with Gasteiger partial charge >= 0.3 is 29.6 Å². The summed E-state index contributed by atoms with van der Waals surface area (Å²) in [6, 6.07) is 9.17.